The van der Waals surface area contributed by atoms with Gasteiger partial charge in [0.2, 0.25) is 0 Å². The summed E-state index contributed by atoms with van der Waals surface area (Å²) < 4.78 is 1.86. The number of hydrogen-bond donors (Lipinski definition) is 2. The van der Waals surface area contributed by atoms with E-state index < -0.39 is 0 Å². The first-order chi connectivity index (χ1) is 8.38. The van der Waals surface area contributed by atoms with Gasteiger partial charge in [-0.2, -0.15) is 5.10 Å². The largest absolute Gasteiger partial charge is 0.394 e. The molecule has 0 saturated heterocycles. The molecule has 102 valence electrons. The van der Waals surface area contributed by atoms with Crippen molar-refractivity contribution in [3.8, 4) is 0 Å². The lowest BCUT2D eigenvalue weighted by molar-refractivity contribution is 0.249. The molecule has 18 heavy (non-hydrogen) atoms. The van der Waals surface area contributed by atoms with Gasteiger partial charge in [0, 0.05) is 0 Å². The third-order valence-electron chi connectivity index (χ3n) is 2.78. The van der Waals surface area contributed by atoms with Crippen molar-refractivity contribution >= 4 is 21.6 Å². The molecule has 0 fully saturated rings. The maximum absolute atomic E-state index is 12.0. The van der Waals surface area contributed by atoms with E-state index in [1.54, 1.807) is 6.20 Å². The van der Waals surface area contributed by atoms with Gasteiger partial charge < -0.3 is 10.4 Å². The summed E-state index contributed by atoms with van der Waals surface area (Å²) in [5.41, 5.74) is 0.445. The van der Waals surface area contributed by atoms with E-state index in [1.807, 2.05) is 27.7 Å². The predicted molar refractivity (Wildman–Crippen MR) is 75.9 cm³/mol. The number of hydrogen-bond acceptors (Lipinski definition) is 4. The molecule has 0 spiro atoms. The van der Waals surface area contributed by atoms with Crippen LogP contribution in [0.15, 0.2) is 15.5 Å². The normalized spacial score (nSPS) is 13.1. The molecular weight excluding hydrogens is 298 g/mol. The molecule has 5 nitrogen and oxygen atoms in total. The Morgan fingerprint density at radius 3 is 2.50 bits per heavy atom. The molecule has 1 aromatic heterocycles. The van der Waals surface area contributed by atoms with Gasteiger partial charge in [0.05, 0.1) is 30.6 Å². The van der Waals surface area contributed by atoms with Crippen LogP contribution in [-0.4, -0.2) is 27.5 Å². The number of halogens is 1. The molecule has 0 aromatic carbocycles. The topological polar surface area (TPSA) is 67.2 Å². The molecule has 0 aliphatic rings. The van der Waals surface area contributed by atoms with E-state index in [1.165, 1.54) is 4.68 Å². The number of anilines is 1. The van der Waals surface area contributed by atoms with Crippen LogP contribution in [0.5, 0.6) is 0 Å². The first-order valence-corrected chi connectivity index (χ1v) is 6.82. The lowest BCUT2D eigenvalue weighted by atomic mass is 10.1. The number of rotatable bonds is 5. The van der Waals surface area contributed by atoms with Gasteiger partial charge in [-0.1, -0.05) is 13.8 Å². The molecule has 0 amide bonds. The van der Waals surface area contributed by atoms with Crippen LogP contribution in [0.2, 0.25) is 0 Å². The Morgan fingerprint density at radius 1 is 1.44 bits per heavy atom. The van der Waals surface area contributed by atoms with E-state index in [0.717, 1.165) is 0 Å². The minimum Gasteiger partial charge on any atom is -0.394 e. The molecule has 0 radical (unpaired) electrons. The van der Waals surface area contributed by atoms with Crippen molar-refractivity contribution in [2.24, 2.45) is 5.92 Å². The Balaban J connectivity index is 3.06. The van der Waals surface area contributed by atoms with E-state index in [-0.39, 0.29) is 30.2 Å². The first kappa shape index (κ1) is 15.2. The molecule has 0 bridgehead atoms. The van der Waals surface area contributed by atoms with Crippen LogP contribution in [-0.2, 0) is 0 Å². The Bertz CT molecular complexity index is 457. The number of nitrogens with one attached hydrogen (secondary N) is 1. The fourth-order valence-electron chi connectivity index (χ4n) is 1.54. The number of aliphatic hydroxyl groups is 1. The highest BCUT2D eigenvalue weighted by Gasteiger charge is 2.16. The van der Waals surface area contributed by atoms with E-state index in [4.69, 9.17) is 0 Å². The second-order valence-corrected chi connectivity index (χ2v) is 5.69. The average molecular weight is 318 g/mol. The van der Waals surface area contributed by atoms with Crippen LogP contribution >= 0.6 is 15.9 Å². The summed E-state index contributed by atoms with van der Waals surface area (Å²) in [4.78, 5) is 12.0. The fraction of sp³-hybridized carbons (Fsp3) is 0.667. The van der Waals surface area contributed by atoms with Crippen molar-refractivity contribution in [3.63, 3.8) is 0 Å². The van der Waals surface area contributed by atoms with Gasteiger partial charge in [-0.25, -0.2) is 4.68 Å². The monoisotopic (exact) mass is 317 g/mol. The van der Waals surface area contributed by atoms with Crippen LogP contribution in [0.1, 0.15) is 33.7 Å². The van der Waals surface area contributed by atoms with Crippen LogP contribution in [0.4, 0.5) is 5.69 Å². The minimum absolute atomic E-state index is 0.0113. The highest BCUT2D eigenvalue weighted by Crippen LogP contribution is 2.19. The summed E-state index contributed by atoms with van der Waals surface area (Å²) in [5, 5.41) is 16.5. The molecule has 2 N–H and O–H groups in total. The van der Waals surface area contributed by atoms with Gasteiger partial charge in [0.1, 0.15) is 4.47 Å². The summed E-state index contributed by atoms with van der Waals surface area (Å²) in [7, 11) is 0. The fourth-order valence-corrected chi connectivity index (χ4v) is 1.93. The third kappa shape index (κ3) is 3.32. The van der Waals surface area contributed by atoms with Crippen LogP contribution < -0.4 is 10.9 Å². The van der Waals surface area contributed by atoms with Gasteiger partial charge in [0.15, 0.2) is 0 Å². The molecule has 1 rings (SSSR count). The Hall–Kier alpha value is -0.880. The van der Waals surface area contributed by atoms with Crippen molar-refractivity contribution in [3.05, 3.63) is 21.0 Å². The summed E-state index contributed by atoms with van der Waals surface area (Å²) >= 11 is 3.29. The van der Waals surface area contributed by atoms with Gasteiger partial charge >= 0.3 is 0 Å². The van der Waals surface area contributed by atoms with Gasteiger partial charge in [-0.05, 0) is 35.7 Å². The maximum atomic E-state index is 12.0. The predicted octanol–water partition coefficient (Wildman–Crippen LogP) is 2.02. The van der Waals surface area contributed by atoms with E-state index in [0.29, 0.717) is 10.2 Å². The number of aliphatic hydroxyl groups excluding tert-OH is 1. The number of aromatic nitrogens is 2. The zero-order chi connectivity index (χ0) is 13.9. The van der Waals surface area contributed by atoms with Crippen LogP contribution in [0.25, 0.3) is 0 Å². The second kappa shape index (κ2) is 6.33. The zero-order valence-corrected chi connectivity index (χ0v) is 12.7. The molecule has 1 aromatic rings. The van der Waals surface area contributed by atoms with Gasteiger partial charge in [-0.15, -0.1) is 0 Å². The molecule has 1 atom stereocenters. The summed E-state index contributed by atoms with van der Waals surface area (Å²) in [6.45, 7) is 7.82. The van der Waals surface area contributed by atoms with Crippen molar-refractivity contribution in [2.75, 3.05) is 11.9 Å². The molecule has 0 unspecified atom stereocenters. The SMILES string of the molecule is CC(C)[C@@H](CO)Nc1cnn(C(C)C)c(=O)c1Br. The standard InChI is InChI=1S/C12H20BrN3O2/c1-7(2)10(6-17)15-9-5-14-16(8(3)4)12(18)11(9)13/h5,7-8,10,15,17H,6H2,1-4H3/t10-/m1/s1. The van der Waals surface area contributed by atoms with Crippen molar-refractivity contribution in [1.82, 2.24) is 9.78 Å². The van der Waals surface area contributed by atoms with Crippen molar-refractivity contribution in [1.29, 1.82) is 0 Å². The van der Waals surface area contributed by atoms with E-state index in [2.05, 4.69) is 26.3 Å². The Labute approximate surface area is 115 Å². The molecule has 1 heterocycles. The smallest absolute Gasteiger partial charge is 0.283 e. The second-order valence-electron chi connectivity index (χ2n) is 4.89. The summed E-state index contributed by atoms with van der Waals surface area (Å²) in [5.74, 6) is 0.259. The average Bonchev–Trinajstić information content (AvgIpc) is 2.30. The molecule has 0 saturated carbocycles. The van der Waals surface area contributed by atoms with Gasteiger partial charge in [0.25, 0.3) is 5.56 Å². The molecule has 6 heteroatoms. The van der Waals surface area contributed by atoms with Crippen LogP contribution in [0, 0.1) is 5.92 Å². The van der Waals surface area contributed by atoms with E-state index in [9.17, 15) is 9.90 Å². The van der Waals surface area contributed by atoms with Gasteiger partial charge in [-0.3, -0.25) is 4.79 Å². The minimum atomic E-state index is -0.171. The van der Waals surface area contributed by atoms with E-state index >= 15 is 0 Å². The quantitative estimate of drug-likeness (QED) is 0.871. The van der Waals surface area contributed by atoms with Crippen molar-refractivity contribution in [2.45, 2.75) is 39.8 Å². The lowest BCUT2D eigenvalue weighted by Gasteiger charge is -2.22. The Kier molecular flexibility index (Phi) is 5.34. The molecule has 0 aliphatic heterocycles. The molecular formula is C12H20BrN3O2. The summed E-state index contributed by atoms with van der Waals surface area (Å²) in [6.07, 6.45) is 1.61. The first-order valence-electron chi connectivity index (χ1n) is 6.03. The highest BCUT2D eigenvalue weighted by molar-refractivity contribution is 9.10. The zero-order valence-electron chi connectivity index (χ0n) is 11.1. The lowest BCUT2D eigenvalue weighted by Crippen LogP contribution is -2.32. The summed E-state index contributed by atoms with van der Waals surface area (Å²) in [6, 6.07) is -0.0843. The maximum Gasteiger partial charge on any atom is 0.283 e. The Morgan fingerprint density at radius 2 is 2.06 bits per heavy atom. The number of nitrogens with zero attached hydrogens (tertiary/aromatic N) is 2. The van der Waals surface area contributed by atoms with Crippen molar-refractivity contribution < 1.29 is 5.11 Å². The molecule has 0 aliphatic carbocycles. The third-order valence-corrected chi connectivity index (χ3v) is 3.54. The van der Waals surface area contributed by atoms with Crippen LogP contribution in [0.3, 0.4) is 0 Å². The highest BCUT2D eigenvalue weighted by atomic mass is 79.9.